The normalized spacial score (nSPS) is 12.8. The lowest BCUT2D eigenvalue weighted by atomic mass is 10.2. The Morgan fingerprint density at radius 2 is 1.81 bits per heavy atom. The molecule has 0 aliphatic carbocycles. The van der Waals surface area contributed by atoms with Gasteiger partial charge in [0.1, 0.15) is 12.9 Å². The molecule has 0 amide bonds. The summed E-state index contributed by atoms with van der Waals surface area (Å²) in [6.45, 7) is -1.22. The standard InChI is InChI=1S/C19H15ClF3N7O2/c20-13-6-4-12(5-7-13)17-27-29(18(32)28(17)9-14(31)19(21,22)23)10-15-25-11-30(26-15)16-3-1-2-8-24-16/h1-8,11,14,31H,9-10H2. The van der Waals surface area contributed by atoms with Crippen molar-refractivity contribution in [3.8, 4) is 17.2 Å². The topological polar surface area (TPSA) is 104 Å². The Bertz CT molecular complexity index is 1270. The van der Waals surface area contributed by atoms with Crippen LogP contribution in [0.15, 0.2) is 59.8 Å². The third kappa shape index (κ3) is 4.55. The molecule has 4 rings (SSSR count). The molecule has 3 heterocycles. The van der Waals surface area contributed by atoms with Crippen LogP contribution in [0.25, 0.3) is 17.2 Å². The summed E-state index contributed by atoms with van der Waals surface area (Å²) in [4.78, 5) is 21.1. The number of benzene rings is 1. The molecule has 1 N–H and O–H groups in total. The average molecular weight is 466 g/mol. The van der Waals surface area contributed by atoms with Crippen LogP contribution in [0.4, 0.5) is 13.2 Å². The van der Waals surface area contributed by atoms with E-state index in [4.69, 9.17) is 11.6 Å². The average Bonchev–Trinajstić information content (AvgIpc) is 3.35. The van der Waals surface area contributed by atoms with E-state index in [0.717, 1.165) is 9.25 Å². The van der Waals surface area contributed by atoms with Gasteiger partial charge in [0, 0.05) is 16.8 Å². The summed E-state index contributed by atoms with van der Waals surface area (Å²) in [5, 5.41) is 18.3. The lowest BCUT2D eigenvalue weighted by Gasteiger charge is -2.15. The highest BCUT2D eigenvalue weighted by Crippen LogP contribution is 2.24. The van der Waals surface area contributed by atoms with Gasteiger partial charge in [-0.1, -0.05) is 17.7 Å². The second-order valence-corrected chi connectivity index (χ2v) is 7.17. The van der Waals surface area contributed by atoms with Crippen LogP contribution in [0, 0.1) is 0 Å². The Morgan fingerprint density at radius 1 is 1.06 bits per heavy atom. The van der Waals surface area contributed by atoms with Gasteiger partial charge in [-0.25, -0.2) is 24.1 Å². The molecule has 0 saturated carbocycles. The number of alkyl halides is 3. The van der Waals surface area contributed by atoms with Gasteiger partial charge in [-0.3, -0.25) is 4.57 Å². The third-order valence-corrected chi connectivity index (χ3v) is 4.73. The Kier molecular flexibility index (Phi) is 5.80. The molecule has 13 heteroatoms. The number of aliphatic hydroxyl groups is 1. The van der Waals surface area contributed by atoms with E-state index in [9.17, 15) is 23.1 Å². The van der Waals surface area contributed by atoms with Crippen molar-refractivity contribution < 1.29 is 18.3 Å². The minimum Gasteiger partial charge on any atom is -0.382 e. The van der Waals surface area contributed by atoms with Crippen LogP contribution < -0.4 is 5.69 Å². The highest BCUT2D eigenvalue weighted by molar-refractivity contribution is 6.30. The van der Waals surface area contributed by atoms with E-state index in [1.165, 1.54) is 35.3 Å². The summed E-state index contributed by atoms with van der Waals surface area (Å²) in [7, 11) is 0. The van der Waals surface area contributed by atoms with E-state index in [1.54, 1.807) is 24.4 Å². The minimum atomic E-state index is -4.90. The predicted molar refractivity (Wildman–Crippen MR) is 107 cm³/mol. The molecule has 1 unspecified atom stereocenters. The quantitative estimate of drug-likeness (QED) is 0.468. The zero-order valence-electron chi connectivity index (χ0n) is 16.2. The van der Waals surface area contributed by atoms with Crippen molar-refractivity contribution in [1.82, 2.24) is 34.1 Å². The summed E-state index contributed by atoms with van der Waals surface area (Å²) < 4.78 is 41.9. The molecule has 9 nitrogen and oxygen atoms in total. The molecule has 1 atom stereocenters. The maximum absolute atomic E-state index is 12.9. The maximum atomic E-state index is 12.9. The van der Waals surface area contributed by atoms with E-state index < -0.39 is 24.5 Å². The molecule has 0 aliphatic rings. The van der Waals surface area contributed by atoms with Crippen molar-refractivity contribution in [2.45, 2.75) is 25.4 Å². The van der Waals surface area contributed by atoms with Gasteiger partial charge in [-0.15, -0.1) is 10.2 Å². The molecule has 0 radical (unpaired) electrons. The highest BCUT2D eigenvalue weighted by Gasteiger charge is 2.39. The molecule has 0 aliphatic heterocycles. The van der Waals surface area contributed by atoms with E-state index in [-0.39, 0.29) is 18.2 Å². The molecule has 0 fully saturated rings. The Labute approximate surface area is 183 Å². The molecule has 1 aromatic carbocycles. The van der Waals surface area contributed by atoms with Crippen LogP contribution in [0.5, 0.6) is 0 Å². The van der Waals surface area contributed by atoms with Crippen molar-refractivity contribution in [3.63, 3.8) is 0 Å². The van der Waals surface area contributed by atoms with Crippen LogP contribution in [-0.2, 0) is 13.1 Å². The van der Waals surface area contributed by atoms with Gasteiger partial charge in [0.15, 0.2) is 23.6 Å². The first-order valence-electron chi connectivity index (χ1n) is 9.22. The van der Waals surface area contributed by atoms with E-state index in [0.29, 0.717) is 16.4 Å². The van der Waals surface area contributed by atoms with Crippen LogP contribution in [0.1, 0.15) is 5.82 Å². The second kappa shape index (κ2) is 8.55. The summed E-state index contributed by atoms with van der Waals surface area (Å²) in [5.41, 5.74) is -0.501. The third-order valence-electron chi connectivity index (χ3n) is 4.47. The summed E-state index contributed by atoms with van der Waals surface area (Å²) in [6.07, 6.45) is -4.67. The summed E-state index contributed by atoms with van der Waals surface area (Å²) >= 11 is 5.87. The van der Waals surface area contributed by atoms with Gasteiger partial charge in [0.25, 0.3) is 0 Å². The monoisotopic (exact) mass is 465 g/mol. The van der Waals surface area contributed by atoms with E-state index >= 15 is 0 Å². The van der Waals surface area contributed by atoms with E-state index in [2.05, 4.69) is 20.2 Å². The van der Waals surface area contributed by atoms with Crippen molar-refractivity contribution >= 4 is 11.6 Å². The van der Waals surface area contributed by atoms with Gasteiger partial charge in [0.05, 0.1) is 6.54 Å². The van der Waals surface area contributed by atoms with Crippen molar-refractivity contribution in [3.05, 3.63) is 76.3 Å². The zero-order valence-corrected chi connectivity index (χ0v) is 16.9. The zero-order chi connectivity index (χ0) is 22.9. The molecule has 0 bridgehead atoms. The fourth-order valence-electron chi connectivity index (χ4n) is 2.90. The minimum absolute atomic E-state index is 0.0564. The molecule has 0 spiro atoms. The number of aromatic nitrogens is 7. The SMILES string of the molecule is O=c1n(Cc2ncn(-c3ccccn3)n2)nc(-c2ccc(Cl)cc2)n1CC(O)C(F)(F)F. The number of halogens is 4. The summed E-state index contributed by atoms with van der Waals surface area (Å²) in [6, 6.07) is 11.3. The van der Waals surface area contributed by atoms with Crippen molar-refractivity contribution in [2.75, 3.05) is 0 Å². The van der Waals surface area contributed by atoms with Gasteiger partial charge in [-0.05, 0) is 36.4 Å². The first-order chi connectivity index (χ1) is 15.2. The Morgan fingerprint density at radius 3 is 2.47 bits per heavy atom. The van der Waals surface area contributed by atoms with Crippen molar-refractivity contribution in [1.29, 1.82) is 0 Å². The van der Waals surface area contributed by atoms with Gasteiger partial charge < -0.3 is 5.11 Å². The largest absolute Gasteiger partial charge is 0.416 e. The smallest absolute Gasteiger partial charge is 0.382 e. The fraction of sp³-hybridized carbons (Fsp3) is 0.211. The van der Waals surface area contributed by atoms with Crippen LogP contribution in [0.2, 0.25) is 5.02 Å². The van der Waals surface area contributed by atoms with Crippen molar-refractivity contribution in [2.24, 2.45) is 0 Å². The molecule has 32 heavy (non-hydrogen) atoms. The Hall–Kier alpha value is -3.51. The highest BCUT2D eigenvalue weighted by atomic mass is 35.5. The number of pyridine rings is 1. The molecule has 4 aromatic rings. The number of hydrogen-bond acceptors (Lipinski definition) is 6. The Balaban J connectivity index is 1.70. The molecular formula is C19H15ClF3N7O2. The molecule has 3 aromatic heterocycles. The maximum Gasteiger partial charge on any atom is 0.416 e. The fourth-order valence-corrected chi connectivity index (χ4v) is 3.03. The molecule has 166 valence electrons. The summed E-state index contributed by atoms with van der Waals surface area (Å²) in [5.74, 6) is 0.639. The van der Waals surface area contributed by atoms with Gasteiger partial charge >= 0.3 is 11.9 Å². The van der Waals surface area contributed by atoms with E-state index in [1.807, 2.05) is 0 Å². The molecular weight excluding hydrogens is 451 g/mol. The van der Waals surface area contributed by atoms with Crippen LogP contribution >= 0.6 is 11.6 Å². The lowest BCUT2D eigenvalue weighted by Crippen LogP contribution is -2.37. The number of aliphatic hydroxyl groups excluding tert-OH is 1. The van der Waals surface area contributed by atoms with Gasteiger partial charge in [0.2, 0.25) is 0 Å². The van der Waals surface area contributed by atoms with Crippen LogP contribution in [-0.4, -0.2) is 51.5 Å². The van der Waals surface area contributed by atoms with Gasteiger partial charge in [-0.2, -0.15) is 13.2 Å². The predicted octanol–water partition coefficient (Wildman–Crippen LogP) is 2.31. The number of rotatable bonds is 6. The molecule has 0 saturated heterocycles. The first kappa shape index (κ1) is 21.7. The first-order valence-corrected chi connectivity index (χ1v) is 9.60. The van der Waals surface area contributed by atoms with Crippen LogP contribution in [0.3, 0.4) is 0 Å². The lowest BCUT2D eigenvalue weighted by molar-refractivity contribution is -0.207. The second-order valence-electron chi connectivity index (χ2n) is 6.73. The number of nitrogens with zero attached hydrogens (tertiary/aromatic N) is 7. The number of hydrogen-bond donors (Lipinski definition) is 1.